The zero-order valence-corrected chi connectivity index (χ0v) is 17.6. The molecule has 0 aliphatic heterocycles. The Morgan fingerprint density at radius 1 is 1.06 bits per heavy atom. The summed E-state index contributed by atoms with van der Waals surface area (Å²) >= 11 is 0. The lowest BCUT2D eigenvalue weighted by Gasteiger charge is -2.20. The van der Waals surface area contributed by atoms with E-state index in [-0.39, 0.29) is 30.8 Å². The number of nitrogens with zero attached hydrogens (tertiary/aromatic N) is 2. The summed E-state index contributed by atoms with van der Waals surface area (Å²) in [6.45, 7) is 1.75. The van der Waals surface area contributed by atoms with Gasteiger partial charge in [-0.05, 0) is 42.7 Å². The lowest BCUT2D eigenvalue weighted by Crippen LogP contribution is -2.13. The normalized spacial score (nSPS) is 12.6. The van der Waals surface area contributed by atoms with Gasteiger partial charge in [0.25, 0.3) is 0 Å². The summed E-state index contributed by atoms with van der Waals surface area (Å²) in [6, 6.07) is 13.6. The third kappa shape index (κ3) is 5.62. The number of hydrogen-bond acceptors (Lipinski definition) is 5. The first-order chi connectivity index (χ1) is 15.4. The third-order valence-electron chi connectivity index (χ3n) is 5.28. The van der Waals surface area contributed by atoms with Gasteiger partial charge >= 0.3 is 0 Å². The maximum Gasteiger partial charge on any atom is 0.162 e. The minimum Gasteiger partial charge on any atom is -0.411 e. The summed E-state index contributed by atoms with van der Waals surface area (Å²) in [7, 11) is 0. The molecule has 0 bridgehead atoms. The monoisotopic (exact) mass is 438 g/mol. The second-order valence-corrected chi connectivity index (χ2v) is 7.53. The van der Waals surface area contributed by atoms with Crippen molar-refractivity contribution >= 4 is 11.5 Å². The quantitative estimate of drug-likeness (QED) is 0.213. The Balaban J connectivity index is 1.98. The minimum absolute atomic E-state index is 0.0620. The highest BCUT2D eigenvalue weighted by Crippen LogP contribution is 2.32. The second kappa shape index (κ2) is 10.7. The Morgan fingerprint density at radius 2 is 1.81 bits per heavy atom. The van der Waals surface area contributed by atoms with Crippen LogP contribution in [0.1, 0.15) is 57.9 Å². The number of aliphatic hydroxyl groups excluding tert-OH is 1. The molecule has 0 spiro atoms. The van der Waals surface area contributed by atoms with E-state index in [9.17, 15) is 18.8 Å². The Bertz CT molecular complexity index is 1110. The van der Waals surface area contributed by atoms with Gasteiger partial charge in [-0.1, -0.05) is 35.5 Å². The molecule has 0 saturated carbocycles. The van der Waals surface area contributed by atoms with Crippen LogP contribution in [0, 0.1) is 18.6 Å². The number of hydrogen-bond donors (Lipinski definition) is 2. The van der Waals surface area contributed by atoms with Crippen molar-refractivity contribution in [3.05, 3.63) is 100 Å². The SMILES string of the molecule is Cc1cc(/C(CC(c2ccc(C(=O)CCCO)cc2)c2ccc(F)cc2F)=N/O)ccn1. The van der Waals surface area contributed by atoms with E-state index in [0.29, 0.717) is 28.8 Å². The number of benzene rings is 2. The van der Waals surface area contributed by atoms with Crippen molar-refractivity contribution in [2.45, 2.75) is 32.1 Å². The average Bonchev–Trinajstić information content (AvgIpc) is 2.79. The molecule has 0 fully saturated rings. The number of carbonyl (C=O) groups is 1. The molecule has 0 saturated heterocycles. The van der Waals surface area contributed by atoms with E-state index in [2.05, 4.69) is 10.1 Å². The van der Waals surface area contributed by atoms with Crippen LogP contribution in [-0.2, 0) is 0 Å². The van der Waals surface area contributed by atoms with E-state index in [1.165, 1.54) is 12.1 Å². The summed E-state index contributed by atoms with van der Waals surface area (Å²) in [5, 5.41) is 22.0. The first-order valence-corrected chi connectivity index (χ1v) is 10.3. The number of pyridine rings is 1. The smallest absolute Gasteiger partial charge is 0.162 e. The molecule has 3 rings (SSSR count). The van der Waals surface area contributed by atoms with Crippen molar-refractivity contribution in [2.24, 2.45) is 5.16 Å². The van der Waals surface area contributed by atoms with Gasteiger partial charge in [-0.2, -0.15) is 0 Å². The molecule has 1 heterocycles. The molecule has 0 amide bonds. The fraction of sp³-hybridized carbons (Fsp3) is 0.240. The lowest BCUT2D eigenvalue weighted by molar-refractivity contribution is 0.0971. The Kier molecular flexibility index (Phi) is 7.78. The summed E-state index contributed by atoms with van der Waals surface area (Å²) in [6.07, 6.45) is 2.34. The van der Waals surface area contributed by atoms with Gasteiger partial charge in [0.1, 0.15) is 11.6 Å². The number of halogens is 2. The number of aromatic nitrogens is 1. The van der Waals surface area contributed by atoms with E-state index >= 15 is 0 Å². The minimum atomic E-state index is -0.707. The molecule has 0 radical (unpaired) electrons. The maximum absolute atomic E-state index is 14.7. The first-order valence-electron chi connectivity index (χ1n) is 10.3. The Labute approximate surface area is 185 Å². The Hall–Kier alpha value is -3.45. The van der Waals surface area contributed by atoms with Crippen LogP contribution in [0.4, 0.5) is 8.78 Å². The number of carbonyl (C=O) groups excluding carboxylic acids is 1. The van der Waals surface area contributed by atoms with Gasteiger partial charge in [0.05, 0.1) is 5.71 Å². The third-order valence-corrected chi connectivity index (χ3v) is 5.28. The summed E-state index contributed by atoms with van der Waals surface area (Å²) in [4.78, 5) is 16.4. The van der Waals surface area contributed by atoms with Gasteiger partial charge in [-0.3, -0.25) is 9.78 Å². The van der Waals surface area contributed by atoms with Gasteiger partial charge in [0, 0.05) is 54.5 Å². The number of aliphatic hydroxyl groups is 1. The number of ketones is 1. The second-order valence-electron chi connectivity index (χ2n) is 7.53. The van der Waals surface area contributed by atoms with Gasteiger partial charge in [0.15, 0.2) is 5.78 Å². The van der Waals surface area contributed by atoms with Gasteiger partial charge < -0.3 is 10.3 Å². The molecule has 0 aliphatic rings. The standard InChI is InChI=1S/C25H24F2N2O3/c1-16-13-19(10-11-28-16)24(29-32)15-22(21-9-8-20(26)14-23(21)27)17-4-6-18(7-5-17)25(31)3-2-12-30/h4-11,13-14,22,30,32H,2-3,12,15H2,1H3/b29-24+. The number of aryl methyl sites for hydroxylation is 1. The van der Waals surface area contributed by atoms with E-state index < -0.39 is 17.6 Å². The van der Waals surface area contributed by atoms with Crippen LogP contribution in [0.3, 0.4) is 0 Å². The summed E-state index contributed by atoms with van der Waals surface area (Å²) in [5.41, 5.74) is 3.12. The predicted molar refractivity (Wildman–Crippen MR) is 117 cm³/mol. The zero-order valence-electron chi connectivity index (χ0n) is 17.6. The molecule has 3 aromatic rings. The molecule has 2 N–H and O–H groups in total. The van der Waals surface area contributed by atoms with E-state index in [4.69, 9.17) is 5.11 Å². The van der Waals surface area contributed by atoms with Crippen LogP contribution in [0.2, 0.25) is 0 Å². The van der Waals surface area contributed by atoms with Crippen molar-refractivity contribution in [2.75, 3.05) is 6.61 Å². The zero-order chi connectivity index (χ0) is 23.1. The molecule has 1 atom stereocenters. The van der Waals surface area contributed by atoms with Crippen LogP contribution in [0.25, 0.3) is 0 Å². The molecule has 5 nitrogen and oxygen atoms in total. The fourth-order valence-corrected chi connectivity index (χ4v) is 3.61. The molecule has 7 heteroatoms. The molecule has 1 aromatic heterocycles. The van der Waals surface area contributed by atoms with Crippen molar-refractivity contribution in [3.8, 4) is 0 Å². The topological polar surface area (TPSA) is 82.8 Å². The van der Waals surface area contributed by atoms with Crippen LogP contribution in [0.5, 0.6) is 0 Å². The molecule has 2 aromatic carbocycles. The van der Waals surface area contributed by atoms with Crippen LogP contribution in [0.15, 0.2) is 65.9 Å². The summed E-state index contributed by atoms with van der Waals surface area (Å²) < 4.78 is 28.3. The van der Waals surface area contributed by atoms with E-state index in [1.807, 2.05) is 6.92 Å². The molecular weight excluding hydrogens is 414 g/mol. The molecule has 32 heavy (non-hydrogen) atoms. The van der Waals surface area contributed by atoms with Crippen molar-refractivity contribution in [1.29, 1.82) is 0 Å². The summed E-state index contributed by atoms with van der Waals surface area (Å²) in [5.74, 6) is -2.08. The number of oxime groups is 1. The lowest BCUT2D eigenvalue weighted by atomic mass is 9.84. The van der Waals surface area contributed by atoms with Crippen molar-refractivity contribution in [3.63, 3.8) is 0 Å². The first kappa shape index (κ1) is 23.2. The molecule has 166 valence electrons. The maximum atomic E-state index is 14.7. The fourth-order valence-electron chi connectivity index (χ4n) is 3.61. The van der Waals surface area contributed by atoms with Gasteiger partial charge in [-0.15, -0.1) is 0 Å². The number of Topliss-reactive ketones (excluding diaryl/α,β-unsaturated/α-hetero) is 1. The van der Waals surface area contributed by atoms with Gasteiger partial charge in [0.2, 0.25) is 0 Å². The van der Waals surface area contributed by atoms with Crippen molar-refractivity contribution < 1.29 is 23.9 Å². The molecule has 1 unspecified atom stereocenters. The highest BCUT2D eigenvalue weighted by molar-refractivity contribution is 6.01. The van der Waals surface area contributed by atoms with E-state index in [0.717, 1.165) is 11.8 Å². The van der Waals surface area contributed by atoms with Gasteiger partial charge in [-0.25, -0.2) is 8.78 Å². The molecular formula is C25H24F2N2O3. The van der Waals surface area contributed by atoms with Crippen LogP contribution in [-0.4, -0.2) is 33.4 Å². The number of rotatable bonds is 9. The van der Waals surface area contributed by atoms with Crippen molar-refractivity contribution in [1.82, 2.24) is 4.98 Å². The van der Waals surface area contributed by atoms with E-state index in [1.54, 1.807) is 42.6 Å². The molecule has 0 aliphatic carbocycles. The average molecular weight is 438 g/mol. The highest BCUT2D eigenvalue weighted by atomic mass is 19.1. The Morgan fingerprint density at radius 3 is 2.44 bits per heavy atom. The largest absolute Gasteiger partial charge is 0.411 e. The predicted octanol–water partition coefficient (Wildman–Crippen LogP) is 5.02. The highest BCUT2D eigenvalue weighted by Gasteiger charge is 2.22. The van der Waals surface area contributed by atoms with Crippen LogP contribution >= 0.6 is 0 Å². The van der Waals surface area contributed by atoms with Crippen LogP contribution < -0.4 is 0 Å².